The lowest BCUT2D eigenvalue weighted by Gasteiger charge is -2.23. The molecular formula is C15H21NO2. The quantitative estimate of drug-likeness (QED) is 0.887. The SMILES string of the molecule is CC(C)c1ccc(CN2C(=O)CCC2CO)cc1. The van der Waals surface area contributed by atoms with Gasteiger partial charge in [-0.15, -0.1) is 0 Å². The minimum atomic E-state index is 0.00211. The third-order valence-corrected chi connectivity index (χ3v) is 3.66. The molecule has 0 saturated carbocycles. The average Bonchev–Trinajstić information content (AvgIpc) is 2.71. The van der Waals surface area contributed by atoms with Gasteiger partial charge in [0.25, 0.3) is 0 Å². The molecule has 0 aliphatic carbocycles. The molecule has 2 rings (SSSR count). The lowest BCUT2D eigenvalue weighted by molar-refractivity contribution is -0.130. The number of likely N-dealkylation sites (tertiary alicyclic amines) is 1. The topological polar surface area (TPSA) is 40.5 Å². The van der Waals surface area contributed by atoms with E-state index in [-0.39, 0.29) is 18.6 Å². The van der Waals surface area contributed by atoms with Gasteiger partial charge in [-0.3, -0.25) is 4.79 Å². The van der Waals surface area contributed by atoms with Crippen molar-refractivity contribution in [3.05, 3.63) is 35.4 Å². The van der Waals surface area contributed by atoms with Gasteiger partial charge in [0.15, 0.2) is 0 Å². The van der Waals surface area contributed by atoms with E-state index in [1.165, 1.54) is 5.56 Å². The van der Waals surface area contributed by atoms with Crippen molar-refractivity contribution in [2.24, 2.45) is 0 Å². The molecule has 1 heterocycles. The molecule has 0 spiro atoms. The molecule has 1 unspecified atom stereocenters. The summed E-state index contributed by atoms with van der Waals surface area (Å²) in [4.78, 5) is 13.5. The van der Waals surface area contributed by atoms with Crippen LogP contribution in [0.1, 0.15) is 43.7 Å². The van der Waals surface area contributed by atoms with Crippen LogP contribution in [0.25, 0.3) is 0 Å². The highest BCUT2D eigenvalue weighted by Gasteiger charge is 2.29. The van der Waals surface area contributed by atoms with Crippen molar-refractivity contribution >= 4 is 5.91 Å². The Kier molecular flexibility index (Phi) is 4.02. The first-order valence-corrected chi connectivity index (χ1v) is 6.61. The largest absolute Gasteiger partial charge is 0.394 e. The summed E-state index contributed by atoms with van der Waals surface area (Å²) in [5.74, 6) is 0.680. The molecule has 3 heteroatoms. The third-order valence-electron chi connectivity index (χ3n) is 3.66. The van der Waals surface area contributed by atoms with Gasteiger partial charge in [-0.05, 0) is 23.5 Å². The van der Waals surface area contributed by atoms with E-state index in [0.717, 1.165) is 12.0 Å². The number of rotatable bonds is 4. The molecule has 1 atom stereocenters. The fraction of sp³-hybridized carbons (Fsp3) is 0.533. The van der Waals surface area contributed by atoms with Crippen LogP contribution >= 0.6 is 0 Å². The number of hydrogen-bond acceptors (Lipinski definition) is 2. The smallest absolute Gasteiger partial charge is 0.223 e. The number of benzene rings is 1. The maximum absolute atomic E-state index is 11.7. The Morgan fingerprint density at radius 1 is 1.33 bits per heavy atom. The minimum absolute atomic E-state index is 0.00211. The highest BCUT2D eigenvalue weighted by atomic mass is 16.3. The molecule has 0 bridgehead atoms. The van der Waals surface area contributed by atoms with E-state index >= 15 is 0 Å². The molecule has 1 aromatic carbocycles. The summed E-state index contributed by atoms with van der Waals surface area (Å²) < 4.78 is 0. The van der Waals surface area contributed by atoms with Gasteiger partial charge in [0.1, 0.15) is 0 Å². The van der Waals surface area contributed by atoms with Crippen LogP contribution in [0, 0.1) is 0 Å². The van der Waals surface area contributed by atoms with Crippen LogP contribution < -0.4 is 0 Å². The number of hydrogen-bond donors (Lipinski definition) is 1. The van der Waals surface area contributed by atoms with Gasteiger partial charge >= 0.3 is 0 Å². The van der Waals surface area contributed by atoms with Gasteiger partial charge in [-0.2, -0.15) is 0 Å². The van der Waals surface area contributed by atoms with Gasteiger partial charge in [0.2, 0.25) is 5.91 Å². The Morgan fingerprint density at radius 2 is 2.00 bits per heavy atom. The van der Waals surface area contributed by atoms with Gasteiger partial charge in [-0.1, -0.05) is 38.1 Å². The number of aliphatic hydroxyl groups is 1. The number of carbonyl (C=O) groups excluding carboxylic acids is 1. The summed E-state index contributed by atoms with van der Waals surface area (Å²) in [6.07, 6.45) is 1.34. The summed E-state index contributed by atoms with van der Waals surface area (Å²) in [6, 6.07) is 8.40. The lowest BCUT2D eigenvalue weighted by atomic mass is 10.0. The minimum Gasteiger partial charge on any atom is -0.394 e. The van der Waals surface area contributed by atoms with Crippen molar-refractivity contribution in [3.8, 4) is 0 Å². The number of amides is 1. The molecule has 1 amide bonds. The van der Waals surface area contributed by atoms with Crippen molar-refractivity contribution in [1.29, 1.82) is 0 Å². The fourth-order valence-electron chi connectivity index (χ4n) is 2.40. The molecule has 1 N–H and O–H groups in total. The van der Waals surface area contributed by atoms with E-state index in [0.29, 0.717) is 18.9 Å². The fourth-order valence-corrected chi connectivity index (χ4v) is 2.40. The molecule has 0 radical (unpaired) electrons. The molecule has 1 saturated heterocycles. The normalized spacial score (nSPS) is 19.9. The first-order chi connectivity index (χ1) is 8.61. The maximum atomic E-state index is 11.7. The first-order valence-electron chi connectivity index (χ1n) is 6.61. The zero-order valence-electron chi connectivity index (χ0n) is 11.1. The van der Waals surface area contributed by atoms with Crippen LogP contribution in [0.4, 0.5) is 0 Å². The molecule has 0 aromatic heterocycles. The predicted octanol–water partition coefficient (Wildman–Crippen LogP) is 2.29. The van der Waals surface area contributed by atoms with Crippen molar-refractivity contribution in [2.45, 2.75) is 45.2 Å². The van der Waals surface area contributed by atoms with Crippen LogP contribution in [-0.4, -0.2) is 28.6 Å². The Bertz CT molecular complexity index is 411. The molecule has 1 aromatic rings. The standard InChI is InChI=1S/C15H21NO2/c1-11(2)13-5-3-12(4-6-13)9-16-14(10-17)7-8-15(16)18/h3-6,11,14,17H,7-10H2,1-2H3. The van der Waals surface area contributed by atoms with E-state index in [1.807, 2.05) is 0 Å². The second-order valence-corrected chi connectivity index (χ2v) is 5.29. The van der Waals surface area contributed by atoms with Gasteiger partial charge in [0.05, 0.1) is 12.6 Å². The molecule has 18 heavy (non-hydrogen) atoms. The van der Waals surface area contributed by atoms with Crippen LogP contribution in [0.3, 0.4) is 0 Å². The van der Waals surface area contributed by atoms with Crippen molar-refractivity contribution in [2.75, 3.05) is 6.61 Å². The molecule has 1 aliphatic rings. The van der Waals surface area contributed by atoms with Crippen LogP contribution in [0.15, 0.2) is 24.3 Å². The van der Waals surface area contributed by atoms with E-state index < -0.39 is 0 Å². The zero-order chi connectivity index (χ0) is 13.1. The van der Waals surface area contributed by atoms with Gasteiger partial charge in [0, 0.05) is 13.0 Å². The summed E-state index contributed by atoms with van der Waals surface area (Å²) >= 11 is 0. The van der Waals surface area contributed by atoms with Crippen molar-refractivity contribution < 1.29 is 9.90 Å². The highest BCUT2D eigenvalue weighted by molar-refractivity contribution is 5.78. The number of aliphatic hydroxyl groups excluding tert-OH is 1. The molecule has 1 aliphatic heterocycles. The number of nitrogens with zero attached hydrogens (tertiary/aromatic N) is 1. The van der Waals surface area contributed by atoms with Crippen molar-refractivity contribution in [3.63, 3.8) is 0 Å². The molecule has 1 fully saturated rings. The zero-order valence-corrected chi connectivity index (χ0v) is 11.1. The highest BCUT2D eigenvalue weighted by Crippen LogP contribution is 2.22. The average molecular weight is 247 g/mol. The van der Waals surface area contributed by atoms with E-state index in [1.54, 1.807) is 4.90 Å². The van der Waals surface area contributed by atoms with E-state index in [4.69, 9.17) is 0 Å². The van der Waals surface area contributed by atoms with Crippen LogP contribution in [-0.2, 0) is 11.3 Å². The summed E-state index contributed by atoms with van der Waals surface area (Å²) in [5, 5.41) is 9.26. The van der Waals surface area contributed by atoms with Crippen LogP contribution in [0.2, 0.25) is 0 Å². The Hall–Kier alpha value is -1.35. The van der Waals surface area contributed by atoms with E-state index in [2.05, 4.69) is 38.1 Å². The Balaban J connectivity index is 2.06. The first kappa shape index (κ1) is 13.1. The molecule has 98 valence electrons. The van der Waals surface area contributed by atoms with Gasteiger partial charge < -0.3 is 10.0 Å². The third kappa shape index (κ3) is 2.72. The number of carbonyl (C=O) groups is 1. The summed E-state index contributed by atoms with van der Waals surface area (Å²) in [7, 11) is 0. The lowest BCUT2D eigenvalue weighted by Crippen LogP contribution is -2.34. The monoisotopic (exact) mass is 247 g/mol. The second kappa shape index (κ2) is 5.53. The van der Waals surface area contributed by atoms with Crippen molar-refractivity contribution in [1.82, 2.24) is 4.90 Å². The Labute approximate surface area is 108 Å². The van der Waals surface area contributed by atoms with Gasteiger partial charge in [-0.25, -0.2) is 0 Å². The Morgan fingerprint density at radius 3 is 2.56 bits per heavy atom. The predicted molar refractivity (Wildman–Crippen MR) is 71.2 cm³/mol. The summed E-state index contributed by atoms with van der Waals surface area (Å²) in [6.45, 7) is 5.01. The molecular weight excluding hydrogens is 226 g/mol. The summed E-state index contributed by atoms with van der Waals surface area (Å²) in [5.41, 5.74) is 2.44. The maximum Gasteiger partial charge on any atom is 0.223 e. The van der Waals surface area contributed by atoms with E-state index in [9.17, 15) is 9.90 Å². The second-order valence-electron chi connectivity index (χ2n) is 5.29. The van der Waals surface area contributed by atoms with Crippen LogP contribution in [0.5, 0.6) is 0 Å². The molecule has 3 nitrogen and oxygen atoms in total.